The van der Waals surface area contributed by atoms with E-state index < -0.39 is 16.0 Å². The Kier molecular flexibility index (Phi) is 5.33. The molecule has 0 saturated heterocycles. The lowest BCUT2D eigenvalue weighted by molar-refractivity contribution is 0.0703. The molecule has 3 aromatic rings. The SMILES string of the molecule is Cc1c(-c2ccc(Cl)cc2Cl)sc(C(=O)O)c1-c1ccc(S(N)(=O)=O)cc1. The second-order valence-corrected chi connectivity index (χ2v) is 9.18. The van der Waals surface area contributed by atoms with E-state index in [1.807, 2.05) is 0 Å². The first kappa shape index (κ1) is 19.9. The molecule has 0 radical (unpaired) electrons. The predicted molar refractivity (Wildman–Crippen MR) is 108 cm³/mol. The summed E-state index contributed by atoms with van der Waals surface area (Å²) in [6, 6.07) is 10.8. The van der Waals surface area contributed by atoms with E-state index in [-0.39, 0.29) is 9.77 Å². The summed E-state index contributed by atoms with van der Waals surface area (Å²) in [4.78, 5) is 12.6. The Morgan fingerprint density at radius 2 is 1.74 bits per heavy atom. The summed E-state index contributed by atoms with van der Waals surface area (Å²) in [5, 5.41) is 15.7. The van der Waals surface area contributed by atoms with Gasteiger partial charge in [0.1, 0.15) is 4.88 Å². The van der Waals surface area contributed by atoms with E-state index in [2.05, 4.69) is 0 Å². The molecule has 3 N–H and O–H groups in total. The van der Waals surface area contributed by atoms with E-state index >= 15 is 0 Å². The second kappa shape index (κ2) is 7.26. The number of hydrogen-bond donors (Lipinski definition) is 2. The highest BCUT2D eigenvalue weighted by Crippen LogP contribution is 2.44. The molecule has 1 heterocycles. The summed E-state index contributed by atoms with van der Waals surface area (Å²) in [5.74, 6) is -1.08. The minimum Gasteiger partial charge on any atom is -0.477 e. The van der Waals surface area contributed by atoms with Gasteiger partial charge in [-0.25, -0.2) is 18.4 Å². The molecule has 0 aliphatic heterocycles. The van der Waals surface area contributed by atoms with E-state index in [4.69, 9.17) is 28.3 Å². The molecule has 27 heavy (non-hydrogen) atoms. The molecule has 0 fully saturated rings. The lowest BCUT2D eigenvalue weighted by atomic mass is 9.99. The maximum absolute atomic E-state index is 11.8. The predicted octanol–water partition coefficient (Wildman–Crippen LogP) is 5.04. The Bertz CT molecular complexity index is 1150. The second-order valence-electron chi connectivity index (χ2n) is 5.76. The molecule has 0 unspecified atom stereocenters. The summed E-state index contributed by atoms with van der Waals surface area (Å²) in [5.41, 5.74) is 2.49. The third-order valence-corrected chi connectivity index (χ3v) is 6.78. The van der Waals surface area contributed by atoms with E-state index in [0.29, 0.717) is 31.6 Å². The summed E-state index contributed by atoms with van der Waals surface area (Å²) >= 11 is 13.3. The van der Waals surface area contributed by atoms with Gasteiger partial charge in [-0.05, 0) is 42.3 Å². The quantitative estimate of drug-likeness (QED) is 0.591. The van der Waals surface area contributed by atoms with Gasteiger partial charge in [0.15, 0.2) is 0 Å². The van der Waals surface area contributed by atoms with Crippen LogP contribution < -0.4 is 5.14 Å². The van der Waals surface area contributed by atoms with Crippen LogP contribution in [0.1, 0.15) is 15.2 Å². The maximum atomic E-state index is 11.8. The zero-order valence-electron chi connectivity index (χ0n) is 13.9. The molecule has 5 nitrogen and oxygen atoms in total. The molecule has 140 valence electrons. The topological polar surface area (TPSA) is 97.5 Å². The van der Waals surface area contributed by atoms with Crippen molar-refractivity contribution in [1.29, 1.82) is 0 Å². The first-order valence-corrected chi connectivity index (χ1v) is 10.7. The minimum atomic E-state index is -3.83. The van der Waals surface area contributed by atoms with Crippen molar-refractivity contribution in [2.75, 3.05) is 0 Å². The Morgan fingerprint density at radius 1 is 1.11 bits per heavy atom. The molecule has 0 spiro atoms. The molecule has 0 saturated carbocycles. The van der Waals surface area contributed by atoms with Crippen molar-refractivity contribution in [2.45, 2.75) is 11.8 Å². The van der Waals surface area contributed by atoms with Crippen molar-refractivity contribution in [3.8, 4) is 21.6 Å². The lowest BCUT2D eigenvalue weighted by Crippen LogP contribution is -2.11. The van der Waals surface area contributed by atoms with Gasteiger partial charge in [0.05, 0.1) is 9.92 Å². The summed E-state index contributed by atoms with van der Waals surface area (Å²) in [6.45, 7) is 1.80. The van der Waals surface area contributed by atoms with Gasteiger partial charge in [0, 0.05) is 21.0 Å². The van der Waals surface area contributed by atoms with Crippen LogP contribution in [0.3, 0.4) is 0 Å². The number of rotatable bonds is 4. The standard InChI is InChI=1S/C18H13Cl2NO4S2/c1-9-15(10-2-5-12(6-3-10)27(21,24)25)17(18(22)23)26-16(9)13-7-4-11(19)8-14(13)20/h2-8H,1H3,(H,22,23)(H2,21,24,25). The third kappa shape index (κ3) is 3.88. The Hall–Kier alpha value is -1.90. The average molecular weight is 442 g/mol. The molecular formula is C18H13Cl2NO4S2. The van der Waals surface area contributed by atoms with Gasteiger partial charge < -0.3 is 5.11 Å². The number of thiophene rings is 1. The number of carboxylic acids is 1. The highest BCUT2D eigenvalue weighted by Gasteiger charge is 2.23. The average Bonchev–Trinajstić information content (AvgIpc) is 2.92. The van der Waals surface area contributed by atoms with Crippen molar-refractivity contribution in [1.82, 2.24) is 0 Å². The molecular weight excluding hydrogens is 429 g/mol. The highest BCUT2D eigenvalue weighted by atomic mass is 35.5. The molecule has 0 aliphatic rings. The molecule has 0 amide bonds. The fraction of sp³-hybridized carbons (Fsp3) is 0.0556. The third-order valence-electron chi connectivity index (χ3n) is 3.99. The number of benzene rings is 2. The number of hydrogen-bond acceptors (Lipinski definition) is 4. The lowest BCUT2D eigenvalue weighted by Gasteiger charge is -2.07. The molecule has 0 aliphatic carbocycles. The van der Waals surface area contributed by atoms with Crippen molar-refractivity contribution in [2.24, 2.45) is 5.14 Å². The van der Waals surface area contributed by atoms with Crippen LogP contribution in [0.4, 0.5) is 0 Å². The van der Waals surface area contributed by atoms with Crippen LogP contribution >= 0.6 is 34.5 Å². The Morgan fingerprint density at radius 3 is 2.26 bits per heavy atom. The summed E-state index contributed by atoms with van der Waals surface area (Å²) < 4.78 is 22.9. The number of carboxylic acid groups (broad SMARTS) is 1. The van der Waals surface area contributed by atoms with Gasteiger partial charge in [-0.1, -0.05) is 41.4 Å². The van der Waals surface area contributed by atoms with Gasteiger partial charge in [-0.3, -0.25) is 0 Å². The zero-order valence-corrected chi connectivity index (χ0v) is 17.0. The van der Waals surface area contributed by atoms with E-state index in [9.17, 15) is 18.3 Å². The fourth-order valence-electron chi connectivity index (χ4n) is 2.75. The van der Waals surface area contributed by atoms with Gasteiger partial charge >= 0.3 is 5.97 Å². The van der Waals surface area contributed by atoms with Crippen LogP contribution in [0.15, 0.2) is 47.4 Å². The summed E-state index contributed by atoms with van der Waals surface area (Å²) in [6.07, 6.45) is 0. The van der Waals surface area contributed by atoms with Crippen molar-refractivity contribution < 1.29 is 18.3 Å². The maximum Gasteiger partial charge on any atom is 0.346 e. The normalized spacial score (nSPS) is 11.6. The molecule has 1 aromatic heterocycles. The molecule has 2 aromatic carbocycles. The first-order valence-electron chi connectivity index (χ1n) is 7.55. The van der Waals surface area contributed by atoms with Crippen molar-refractivity contribution >= 4 is 50.5 Å². The molecule has 9 heteroatoms. The van der Waals surface area contributed by atoms with Gasteiger partial charge in [0.2, 0.25) is 10.0 Å². The van der Waals surface area contributed by atoms with E-state index in [1.165, 1.54) is 24.3 Å². The number of halogens is 2. The van der Waals surface area contributed by atoms with Crippen LogP contribution in [-0.2, 0) is 10.0 Å². The van der Waals surface area contributed by atoms with Crippen molar-refractivity contribution in [3.63, 3.8) is 0 Å². The van der Waals surface area contributed by atoms with E-state index in [0.717, 1.165) is 16.9 Å². The monoisotopic (exact) mass is 441 g/mol. The minimum absolute atomic E-state index is 0.0445. The summed E-state index contributed by atoms with van der Waals surface area (Å²) in [7, 11) is -3.83. The van der Waals surface area contributed by atoms with Gasteiger partial charge in [-0.15, -0.1) is 11.3 Å². The zero-order chi connectivity index (χ0) is 19.9. The molecule has 3 rings (SSSR count). The molecule has 0 atom stereocenters. The van der Waals surface area contributed by atoms with Gasteiger partial charge in [-0.2, -0.15) is 0 Å². The number of aromatic carboxylic acids is 1. The van der Waals surface area contributed by atoms with Crippen LogP contribution in [0.2, 0.25) is 10.0 Å². The van der Waals surface area contributed by atoms with Crippen molar-refractivity contribution in [3.05, 3.63) is 63.0 Å². The Labute approximate surface area is 170 Å². The van der Waals surface area contributed by atoms with Crippen LogP contribution in [0.5, 0.6) is 0 Å². The number of nitrogens with two attached hydrogens (primary N) is 1. The fourth-order valence-corrected chi connectivity index (χ4v) is 5.04. The van der Waals surface area contributed by atoms with Gasteiger partial charge in [0.25, 0.3) is 0 Å². The number of primary sulfonamides is 1. The van der Waals surface area contributed by atoms with Crippen LogP contribution in [0, 0.1) is 6.92 Å². The first-order chi connectivity index (χ1) is 12.6. The number of sulfonamides is 1. The largest absolute Gasteiger partial charge is 0.477 e. The molecule has 0 bridgehead atoms. The highest BCUT2D eigenvalue weighted by molar-refractivity contribution is 7.89. The van der Waals surface area contributed by atoms with E-state index in [1.54, 1.807) is 25.1 Å². The smallest absolute Gasteiger partial charge is 0.346 e. The Balaban J connectivity index is 2.21. The van der Waals surface area contributed by atoms with Crippen LogP contribution in [-0.4, -0.2) is 19.5 Å². The van der Waals surface area contributed by atoms with Crippen LogP contribution in [0.25, 0.3) is 21.6 Å². The number of carbonyl (C=O) groups is 1.